The molecule has 0 aliphatic heterocycles. The number of rotatable bonds is 5. The molecule has 1 amide bonds. The van der Waals surface area contributed by atoms with E-state index in [1.54, 1.807) is 0 Å². The smallest absolute Gasteiger partial charge is 0.200 e. The molecule has 0 bridgehead atoms. The van der Waals surface area contributed by atoms with Gasteiger partial charge < -0.3 is 25.0 Å². The van der Waals surface area contributed by atoms with Gasteiger partial charge in [0.1, 0.15) is 29.2 Å². The Morgan fingerprint density at radius 1 is 1.03 bits per heavy atom. The Morgan fingerprint density at radius 2 is 1.48 bits per heavy atom. The lowest BCUT2D eigenvalue weighted by atomic mass is 9.93. The molecule has 0 saturated heterocycles. The Bertz CT molecular complexity index is 1120. The van der Waals surface area contributed by atoms with E-state index >= 15 is 0 Å². The summed E-state index contributed by atoms with van der Waals surface area (Å²) in [5.74, 6) is -13.3. The molecule has 33 heavy (non-hydrogen) atoms. The zero-order valence-corrected chi connectivity index (χ0v) is 17.6. The molecule has 176 valence electrons. The van der Waals surface area contributed by atoms with Gasteiger partial charge in [0.15, 0.2) is 23.3 Å². The number of phenols is 1. The highest BCUT2D eigenvalue weighted by atomic mass is 19.2. The fourth-order valence-corrected chi connectivity index (χ4v) is 3.27. The fourth-order valence-electron chi connectivity index (χ4n) is 3.27. The Morgan fingerprint density at radius 3 is 1.88 bits per heavy atom. The summed E-state index contributed by atoms with van der Waals surface area (Å²) < 4.78 is 69.5. The maximum Gasteiger partial charge on any atom is 0.200 e. The molecule has 1 unspecified atom stereocenters. The Kier molecular flexibility index (Phi) is 7.22. The summed E-state index contributed by atoms with van der Waals surface area (Å²) in [6.07, 6.45) is -2.25. The van der Waals surface area contributed by atoms with Gasteiger partial charge in [-0.2, -0.15) is 5.26 Å². The highest BCUT2D eigenvalue weighted by molar-refractivity contribution is 5.80. The molecule has 0 aliphatic rings. The van der Waals surface area contributed by atoms with Crippen LogP contribution in [0.5, 0.6) is 5.75 Å². The number of carboxylic acid groups (broad SMARTS) is 1. The number of amides is 1. The maximum atomic E-state index is 14.3. The summed E-state index contributed by atoms with van der Waals surface area (Å²) in [5.41, 5.74) is -4.04. The molecular formula is C22H18F5N2O4-. The number of hydrogen-bond acceptors (Lipinski definition) is 5. The molecule has 1 atom stereocenters. The van der Waals surface area contributed by atoms with Crippen LogP contribution in [-0.2, 0) is 6.42 Å². The molecule has 0 saturated carbocycles. The van der Waals surface area contributed by atoms with E-state index < -0.39 is 70.1 Å². The molecule has 0 radical (unpaired) electrons. The van der Waals surface area contributed by atoms with E-state index in [9.17, 15) is 47.3 Å². The number of carbonyl (C=O) groups excluding carboxylic acids is 1. The van der Waals surface area contributed by atoms with Crippen molar-refractivity contribution in [3.8, 4) is 11.8 Å². The van der Waals surface area contributed by atoms with E-state index in [1.165, 1.54) is 51.1 Å². The number of aliphatic hydroxyl groups excluding tert-OH is 1. The zero-order chi connectivity index (χ0) is 25.2. The van der Waals surface area contributed by atoms with E-state index in [1.807, 2.05) is 0 Å². The van der Waals surface area contributed by atoms with Gasteiger partial charge >= 0.3 is 0 Å². The summed E-state index contributed by atoms with van der Waals surface area (Å²) in [7, 11) is 0. The normalized spacial score (nSPS) is 13.2. The van der Waals surface area contributed by atoms with Crippen molar-refractivity contribution in [2.45, 2.75) is 38.8 Å². The molecule has 0 spiro atoms. The Balaban J connectivity index is 2.85. The highest BCUT2D eigenvalue weighted by Crippen LogP contribution is 2.33. The predicted octanol–water partition coefficient (Wildman–Crippen LogP) is 3.94. The van der Waals surface area contributed by atoms with Crippen molar-refractivity contribution in [2.24, 2.45) is 0 Å². The number of aromatic hydroxyl groups is 1. The first-order valence-electron chi connectivity index (χ1n) is 9.35. The monoisotopic (exact) mass is 469 g/mol. The van der Waals surface area contributed by atoms with E-state index in [0.29, 0.717) is 10.5 Å². The number of phenolic OH excluding ortho intramolecular Hbond substituents is 1. The first-order chi connectivity index (χ1) is 15.2. The van der Waals surface area contributed by atoms with Crippen molar-refractivity contribution in [1.29, 1.82) is 5.26 Å². The zero-order valence-electron chi connectivity index (χ0n) is 17.6. The minimum Gasteiger partial charge on any atom is -0.530 e. The van der Waals surface area contributed by atoms with Crippen molar-refractivity contribution >= 4 is 11.7 Å². The van der Waals surface area contributed by atoms with Crippen molar-refractivity contribution in [3.63, 3.8) is 0 Å². The topological polar surface area (TPSA) is 108 Å². The molecule has 11 heteroatoms. The van der Waals surface area contributed by atoms with Gasteiger partial charge in [0.2, 0.25) is 5.82 Å². The van der Waals surface area contributed by atoms with Crippen molar-refractivity contribution in [2.75, 3.05) is 0 Å². The van der Waals surface area contributed by atoms with Gasteiger partial charge in [0.05, 0.1) is 11.6 Å². The first kappa shape index (κ1) is 25.5. The van der Waals surface area contributed by atoms with Crippen LogP contribution in [0.25, 0.3) is 5.57 Å². The average Bonchev–Trinajstić information content (AvgIpc) is 2.73. The van der Waals surface area contributed by atoms with Crippen LogP contribution in [0.4, 0.5) is 26.7 Å². The number of allylic oxidation sites excluding steroid dienone is 1. The van der Waals surface area contributed by atoms with E-state index in [-0.39, 0.29) is 5.75 Å². The van der Waals surface area contributed by atoms with Gasteiger partial charge in [-0.25, -0.2) is 22.0 Å². The third kappa shape index (κ3) is 5.00. The molecular weight excluding hydrogens is 451 g/mol. The Labute approximate surface area is 185 Å². The average molecular weight is 469 g/mol. The predicted molar refractivity (Wildman–Crippen MR) is 104 cm³/mol. The lowest BCUT2D eigenvalue weighted by molar-refractivity contribution is -0.273. The third-order valence-electron chi connectivity index (χ3n) is 4.74. The lowest BCUT2D eigenvalue weighted by Gasteiger charge is -2.43. The number of benzene rings is 2. The van der Waals surface area contributed by atoms with Crippen molar-refractivity contribution < 1.29 is 42.1 Å². The molecule has 2 aromatic carbocycles. The van der Waals surface area contributed by atoms with E-state index in [0.717, 1.165) is 0 Å². The van der Waals surface area contributed by atoms with Gasteiger partial charge in [-0.1, -0.05) is 12.1 Å². The number of aliphatic hydroxyl groups is 1. The molecule has 0 fully saturated rings. The van der Waals surface area contributed by atoms with Crippen LogP contribution >= 0.6 is 0 Å². The second-order valence-corrected chi connectivity index (χ2v) is 8.01. The summed E-state index contributed by atoms with van der Waals surface area (Å²) in [6.45, 7) is 4.18. The number of hydrogen-bond donors (Lipinski definition) is 2. The largest absolute Gasteiger partial charge is 0.530 e. The van der Waals surface area contributed by atoms with Crippen molar-refractivity contribution in [1.82, 2.24) is 4.90 Å². The number of halogens is 5. The van der Waals surface area contributed by atoms with Crippen LogP contribution in [0.2, 0.25) is 0 Å². The number of nitriles is 1. The van der Waals surface area contributed by atoms with E-state index in [4.69, 9.17) is 0 Å². The quantitative estimate of drug-likeness (QED) is 0.227. The summed E-state index contributed by atoms with van der Waals surface area (Å²) in [5, 5.41) is 41.6. The van der Waals surface area contributed by atoms with Crippen LogP contribution in [0, 0.1) is 40.4 Å². The van der Waals surface area contributed by atoms with Crippen LogP contribution in [0.1, 0.15) is 31.9 Å². The molecule has 2 rings (SSSR count). The van der Waals surface area contributed by atoms with Crippen molar-refractivity contribution in [3.05, 3.63) is 70.2 Å². The van der Waals surface area contributed by atoms with Gasteiger partial charge in [0, 0.05) is 12.0 Å². The van der Waals surface area contributed by atoms with Crippen LogP contribution < -0.4 is 5.11 Å². The molecule has 2 N–H and O–H groups in total. The fraction of sp³-hybridized carbons (Fsp3) is 0.273. The number of carbonyl (C=O) groups is 1. The minimum absolute atomic E-state index is 0.137. The first-order valence-corrected chi connectivity index (χ1v) is 9.35. The second kappa shape index (κ2) is 9.36. The summed E-state index contributed by atoms with van der Waals surface area (Å²) in [4.78, 5) is 12.5. The highest BCUT2D eigenvalue weighted by Gasteiger charge is 2.36. The molecule has 2 aromatic rings. The van der Waals surface area contributed by atoms with Gasteiger partial charge in [-0.3, -0.25) is 0 Å². The summed E-state index contributed by atoms with van der Waals surface area (Å²) >= 11 is 0. The number of nitrogens with zero attached hydrogens (tertiary/aromatic N) is 2. The molecule has 0 heterocycles. The summed E-state index contributed by atoms with van der Waals surface area (Å²) in [6, 6.07) is 4.64. The molecule has 0 aromatic heterocycles. The maximum absolute atomic E-state index is 14.3. The van der Waals surface area contributed by atoms with Crippen LogP contribution in [-0.4, -0.2) is 32.8 Å². The lowest BCUT2D eigenvalue weighted by Crippen LogP contribution is -2.57. The minimum atomic E-state index is -2.46. The van der Waals surface area contributed by atoms with Crippen LogP contribution in [0.15, 0.2) is 30.0 Å². The van der Waals surface area contributed by atoms with Gasteiger partial charge in [-0.05, 0) is 38.5 Å². The standard InChI is InChI=1S/C22H19F5N2O4/c1-22(2,3)29(21(32)33)13(8-10-4-6-11(30)7-5-10)20(31)12(9-28)14-15(23)17(25)19(27)18(26)16(14)24/h4-7,13,30-31H,8H2,1-3H3,(H,32,33)/p-1. The Hall–Kier alpha value is -3.81. The van der Waals surface area contributed by atoms with E-state index in [2.05, 4.69) is 0 Å². The SMILES string of the molecule is CC(C)(C)N(C(=O)[O-])C(Cc1ccc(O)cc1)C(O)=C(C#N)c1c(F)c(F)c(F)c(F)c1F. The third-order valence-corrected chi connectivity index (χ3v) is 4.74. The second-order valence-electron chi connectivity index (χ2n) is 8.01. The molecule has 6 nitrogen and oxygen atoms in total. The van der Waals surface area contributed by atoms with Crippen LogP contribution in [0.3, 0.4) is 0 Å². The van der Waals surface area contributed by atoms with Gasteiger partial charge in [0.25, 0.3) is 0 Å². The molecule has 0 aliphatic carbocycles. The van der Waals surface area contributed by atoms with Gasteiger partial charge in [-0.15, -0.1) is 0 Å².